The van der Waals surface area contributed by atoms with E-state index in [4.69, 9.17) is 0 Å². The van der Waals surface area contributed by atoms with E-state index >= 15 is 0 Å². The van der Waals surface area contributed by atoms with Crippen molar-refractivity contribution in [3.05, 3.63) is 0 Å². The zero-order valence-electron chi connectivity index (χ0n) is 7.31. The van der Waals surface area contributed by atoms with Crippen LogP contribution in [0, 0.1) is 5.92 Å². The van der Waals surface area contributed by atoms with E-state index in [0.29, 0.717) is 5.92 Å². The van der Waals surface area contributed by atoms with E-state index in [1.807, 2.05) is 0 Å². The van der Waals surface area contributed by atoms with Gasteiger partial charge in [0.1, 0.15) is 0 Å². The van der Waals surface area contributed by atoms with Crippen LogP contribution in [0.15, 0.2) is 0 Å². The van der Waals surface area contributed by atoms with Crippen molar-refractivity contribution in [1.82, 2.24) is 5.32 Å². The average molecular weight is 156 g/mol. The van der Waals surface area contributed by atoms with Gasteiger partial charge in [-0.2, -0.15) is 0 Å². The summed E-state index contributed by atoms with van der Waals surface area (Å²) in [7, 11) is 0. The molecule has 2 nitrogen and oxygen atoms in total. The van der Waals surface area contributed by atoms with Gasteiger partial charge in [0.15, 0.2) is 0 Å². The van der Waals surface area contributed by atoms with Crippen molar-refractivity contribution in [2.45, 2.75) is 38.7 Å². The molecule has 2 unspecified atom stereocenters. The van der Waals surface area contributed by atoms with Crippen molar-refractivity contribution in [2.75, 3.05) is 13.1 Å². The molecule has 1 saturated heterocycles. The third kappa shape index (κ3) is 2.80. The fraction of sp³-hybridized carbons (Fsp3) is 1.00. The fourth-order valence-electron chi connectivity index (χ4n) is 1.72. The average Bonchev–Trinajstić information content (AvgIpc) is 2.07. The fourth-order valence-corrected chi connectivity index (χ4v) is 1.72. The molecule has 1 fully saturated rings. The molecule has 0 aromatic heterocycles. The lowest BCUT2D eigenvalue weighted by Gasteiger charge is -2.25. The molecule has 0 bridgehead atoms. The Labute approximate surface area is 69.0 Å². The zero-order chi connectivity index (χ0) is 8.10. The molecule has 0 aromatic carbocycles. The Hall–Kier alpha value is -0.0800. The molecule has 1 aliphatic rings. The van der Waals surface area contributed by atoms with Crippen LogP contribution in [0.1, 0.15) is 32.6 Å². The summed E-state index contributed by atoms with van der Waals surface area (Å²) < 4.78 is 0. The van der Waals surface area contributed by atoms with Crippen molar-refractivity contribution >= 4 is 0 Å². The van der Waals surface area contributed by atoms with Crippen LogP contribution in [0.2, 0.25) is 0 Å². The lowest BCUT2D eigenvalue weighted by Crippen LogP contribution is -2.36. The zero-order valence-corrected chi connectivity index (χ0v) is 7.31. The van der Waals surface area contributed by atoms with Crippen LogP contribution in [0.3, 0.4) is 0 Å². The summed E-state index contributed by atoms with van der Waals surface area (Å²) in [6.07, 6.45) is 3.90. The molecule has 2 heteroatoms. The SMILES string of the molecule is CCCC([O])C1CCCNC1. The number of hydrogen-bond acceptors (Lipinski definition) is 1. The third-order valence-electron chi connectivity index (χ3n) is 2.43. The molecule has 0 aliphatic carbocycles. The predicted octanol–water partition coefficient (Wildman–Crippen LogP) is 1.59. The number of piperidine rings is 1. The Balaban J connectivity index is 2.21. The summed E-state index contributed by atoms with van der Waals surface area (Å²) in [5.74, 6) is 0.406. The second kappa shape index (κ2) is 4.73. The molecule has 0 spiro atoms. The summed E-state index contributed by atoms with van der Waals surface area (Å²) in [4.78, 5) is 0. The Morgan fingerprint density at radius 3 is 3.00 bits per heavy atom. The first-order valence-electron chi connectivity index (χ1n) is 4.71. The van der Waals surface area contributed by atoms with Gasteiger partial charge in [0.2, 0.25) is 0 Å². The molecule has 0 amide bonds. The number of nitrogens with one attached hydrogen (secondary N) is 1. The van der Waals surface area contributed by atoms with Crippen LogP contribution in [0.25, 0.3) is 0 Å². The van der Waals surface area contributed by atoms with E-state index in [1.54, 1.807) is 0 Å². The largest absolute Gasteiger partial charge is 0.316 e. The van der Waals surface area contributed by atoms with E-state index in [-0.39, 0.29) is 6.10 Å². The lowest BCUT2D eigenvalue weighted by atomic mass is 9.91. The number of rotatable bonds is 3. The monoisotopic (exact) mass is 156 g/mol. The van der Waals surface area contributed by atoms with Crippen LogP contribution >= 0.6 is 0 Å². The molecule has 0 saturated carbocycles. The first-order valence-corrected chi connectivity index (χ1v) is 4.71. The summed E-state index contributed by atoms with van der Waals surface area (Å²) in [5.41, 5.74) is 0. The van der Waals surface area contributed by atoms with Crippen molar-refractivity contribution in [1.29, 1.82) is 0 Å². The normalized spacial score (nSPS) is 28.4. The van der Waals surface area contributed by atoms with Gasteiger partial charge in [-0.25, -0.2) is 5.11 Å². The van der Waals surface area contributed by atoms with Crippen LogP contribution < -0.4 is 5.32 Å². The van der Waals surface area contributed by atoms with Gasteiger partial charge in [-0.05, 0) is 25.8 Å². The Bertz CT molecular complexity index is 99.7. The van der Waals surface area contributed by atoms with Gasteiger partial charge >= 0.3 is 0 Å². The summed E-state index contributed by atoms with van der Waals surface area (Å²) in [5, 5.41) is 14.7. The van der Waals surface area contributed by atoms with Crippen LogP contribution in [-0.4, -0.2) is 19.2 Å². The molecule has 1 aliphatic heterocycles. The maximum absolute atomic E-state index is 11.4. The molecule has 1 heterocycles. The molecule has 11 heavy (non-hydrogen) atoms. The molecule has 65 valence electrons. The maximum Gasteiger partial charge on any atom is 0.0970 e. The second-order valence-corrected chi connectivity index (χ2v) is 3.43. The highest BCUT2D eigenvalue weighted by Gasteiger charge is 2.21. The minimum atomic E-state index is -0.312. The van der Waals surface area contributed by atoms with Gasteiger partial charge < -0.3 is 5.32 Å². The molecular weight excluding hydrogens is 138 g/mol. The number of hydrogen-bond donors (Lipinski definition) is 1. The van der Waals surface area contributed by atoms with Crippen molar-refractivity contribution in [2.24, 2.45) is 5.92 Å². The predicted molar refractivity (Wildman–Crippen MR) is 45.0 cm³/mol. The van der Waals surface area contributed by atoms with Crippen LogP contribution in [0.4, 0.5) is 0 Å². The van der Waals surface area contributed by atoms with Gasteiger partial charge in [-0.3, -0.25) is 0 Å². The second-order valence-electron chi connectivity index (χ2n) is 3.43. The Kier molecular flexibility index (Phi) is 3.87. The van der Waals surface area contributed by atoms with Gasteiger partial charge in [0, 0.05) is 12.5 Å². The minimum Gasteiger partial charge on any atom is -0.316 e. The van der Waals surface area contributed by atoms with Gasteiger partial charge in [-0.1, -0.05) is 13.3 Å². The molecule has 0 aromatic rings. The summed E-state index contributed by atoms with van der Waals surface area (Å²) in [6, 6.07) is 0. The molecule has 1 N–H and O–H groups in total. The first kappa shape index (κ1) is 9.01. The van der Waals surface area contributed by atoms with E-state index in [0.717, 1.165) is 32.4 Å². The van der Waals surface area contributed by atoms with Gasteiger partial charge in [0.05, 0.1) is 6.10 Å². The van der Waals surface area contributed by atoms with Crippen molar-refractivity contribution < 1.29 is 5.11 Å². The summed E-state index contributed by atoms with van der Waals surface area (Å²) in [6.45, 7) is 4.14. The summed E-state index contributed by atoms with van der Waals surface area (Å²) >= 11 is 0. The van der Waals surface area contributed by atoms with Gasteiger partial charge in [0.25, 0.3) is 0 Å². The quantitative estimate of drug-likeness (QED) is 0.661. The Morgan fingerprint density at radius 1 is 1.64 bits per heavy atom. The molecule has 1 radical (unpaired) electrons. The van der Waals surface area contributed by atoms with Crippen molar-refractivity contribution in [3.63, 3.8) is 0 Å². The molecule has 2 atom stereocenters. The third-order valence-corrected chi connectivity index (χ3v) is 2.43. The highest BCUT2D eigenvalue weighted by atomic mass is 16.3. The van der Waals surface area contributed by atoms with Crippen molar-refractivity contribution in [3.8, 4) is 0 Å². The highest BCUT2D eigenvalue weighted by Crippen LogP contribution is 2.17. The highest BCUT2D eigenvalue weighted by molar-refractivity contribution is 4.74. The Morgan fingerprint density at radius 2 is 2.45 bits per heavy atom. The minimum absolute atomic E-state index is 0.312. The van der Waals surface area contributed by atoms with Crippen LogP contribution in [-0.2, 0) is 5.11 Å². The maximum atomic E-state index is 11.4. The van der Waals surface area contributed by atoms with Crippen LogP contribution in [0.5, 0.6) is 0 Å². The van der Waals surface area contributed by atoms with E-state index < -0.39 is 0 Å². The first-order chi connectivity index (χ1) is 5.34. The van der Waals surface area contributed by atoms with E-state index in [1.165, 1.54) is 6.42 Å². The smallest absolute Gasteiger partial charge is 0.0970 e. The van der Waals surface area contributed by atoms with E-state index in [9.17, 15) is 5.11 Å². The topological polar surface area (TPSA) is 31.9 Å². The standard InChI is InChI=1S/C9H18NO/c1-2-4-9(11)8-5-3-6-10-7-8/h8-10H,2-7H2,1H3. The molecular formula is C9H18NO. The van der Waals surface area contributed by atoms with Gasteiger partial charge in [-0.15, -0.1) is 0 Å². The molecule has 1 rings (SSSR count). The van der Waals surface area contributed by atoms with E-state index in [2.05, 4.69) is 12.2 Å². The lowest BCUT2D eigenvalue weighted by molar-refractivity contribution is 0.0200.